The van der Waals surface area contributed by atoms with Crippen LogP contribution in [0.5, 0.6) is 0 Å². The molecule has 0 heterocycles. The number of rotatable bonds is 4. The maximum Gasteiger partial charge on any atom is 0.155 e. The van der Waals surface area contributed by atoms with E-state index in [1.54, 1.807) is 11.8 Å². The summed E-state index contributed by atoms with van der Waals surface area (Å²) in [4.78, 5) is 12.2. The van der Waals surface area contributed by atoms with Gasteiger partial charge in [-0.05, 0) is 27.0 Å². The molecule has 0 amide bonds. The number of carbonyl (C=O) groups is 1. The van der Waals surface area contributed by atoms with E-state index in [0.29, 0.717) is 5.78 Å². The minimum atomic E-state index is -0.265. The van der Waals surface area contributed by atoms with E-state index in [0.717, 1.165) is 5.75 Å². The molecule has 0 fully saturated rings. The lowest BCUT2D eigenvalue weighted by Gasteiger charge is -2.31. The van der Waals surface area contributed by atoms with E-state index in [2.05, 4.69) is 26.1 Å². The fourth-order valence-corrected chi connectivity index (χ4v) is 1.96. The molecule has 0 aliphatic carbocycles. The summed E-state index contributed by atoms with van der Waals surface area (Å²) in [5.41, 5.74) is -0.278. The fraction of sp³-hybridized carbons (Fsp3) is 0.917. The minimum absolute atomic E-state index is 0.0126. The first-order valence-electron chi connectivity index (χ1n) is 5.39. The van der Waals surface area contributed by atoms with Crippen LogP contribution in [0.2, 0.25) is 0 Å². The Morgan fingerprint density at radius 1 is 1.20 bits per heavy atom. The molecule has 3 heteroatoms. The monoisotopic (exact) mass is 231 g/mol. The molecule has 0 aromatic carbocycles. The van der Waals surface area contributed by atoms with Gasteiger partial charge in [0.05, 0.1) is 6.04 Å². The summed E-state index contributed by atoms with van der Waals surface area (Å²) < 4.78 is 0. The molecule has 1 N–H and O–H groups in total. The Bertz CT molecular complexity index is 213. The molecule has 0 aromatic rings. The summed E-state index contributed by atoms with van der Waals surface area (Å²) in [5, 5.41) is 3.39. The highest BCUT2D eigenvalue weighted by Crippen LogP contribution is 2.19. The van der Waals surface area contributed by atoms with Gasteiger partial charge in [-0.1, -0.05) is 20.8 Å². The van der Waals surface area contributed by atoms with Crippen LogP contribution in [0.3, 0.4) is 0 Å². The normalized spacial score (nSPS) is 15.1. The number of thioether (sulfide) groups is 1. The fourth-order valence-electron chi connectivity index (χ4n) is 1.39. The first-order valence-corrected chi connectivity index (χ1v) is 6.78. The largest absolute Gasteiger partial charge is 0.302 e. The van der Waals surface area contributed by atoms with E-state index in [9.17, 15) is 4.79 Å². The zero-order valence-corrected chi connectivity index (χ0v) is 11.9. The maximum absolute atomic E-state index is 12.2. The van der Waals surface area contributed by atoms with Crippen LogP contribution in [-0.4, -0.2) is 29.4 Å². The van der Waals surface area contributed by atoms with Crippen molar-refractivity contribution in [1.82, 2.24) is 5.32 Å². The summed E-state index contributed by atoms with van der Waals surface area (Å²) in [7, 11) is 0. The minimum Gasteiger partial charge on any atom is -0.302 e. The van der Waals surface area contributed by atoms with Gasteiger partial charge in [0.25, 0.3) is 0 Å². The number of ketones is 1. The SMILES string of the molecule is CSCC(NC(C)(C)C)C(=O)C(C)(C)C. The summed E-state index contributed by atoms with van der Waals surface area (Å²) in [5.74, 6) is 1.14. The number of hydrogen-bond acceptors (Lipinski definition) is 3. The highest BCUT2D eigenvalue weighted by Gasteiger charge is 2.31. The van der Waals surface area contributed by atoms with Gasteiger partial charge in [0.2, 0.25) is 0 Å². The average molecular weight is 231 g/mol. The molecule has 0 radical (unpaired) electrons. The van der Waals surface area contributed by atoms with Crippen molar-refractivity contribution in [3.8, 4) is 0 Å². The van der Waals surface area contributed by atoms with Gasteiger partial charge >= 0.3 is 0 Å². The quantitative estimate of drug-likeness (QED) is 0.806. The average Bonchev–Trinajstić information content (AvgIpc) is 1.98. The number of Topliss-reactive ketones (excluding diaryl/α,β-unsaturated/α-hetero) is 1. The van der Waals surface area contributed by atoms with Crippen LogP contribution in [0.25, 0.3) is 0 Å². The van der Waals surface area contributed by atoms with Crippen molar-refractivity contribution in [1.29, 1.82) is 0 Å². The second-order valence-electron chi connectivity index (χ2n) is 6.02. The van der Waals surface area contributed by atoms with Gasteiger partial charge in [-0.15, -0.1) is 0 Å². The van der Waals surface area contributed by atoms with E-state index in [4.69, 9.17) is 0 Å². The summed E-state index contributed by atoms with van der Waals surface area (Å²) in [6.07, 6.45) is 2.04. The Hall–Kier alpha value is -0.0200. The molecule has 0 saturated heterocycles. The Morgan fingerprint density at radius 3 is 1.93 bits per heavy atom. The van der Waals surface area contributed by atoms with E-state index < -0.39 is 0 Å². The third kappa shape index (κ3) is 6.21. The zero-order valence-electron chi connectivity index (χ0n) is 11.1. The molecular formula is C12H25NOS. The van der Waals surface area contributed by atoms with Crippen LogP contribution in [0, 0.1) is 5.41 Å². The summed E-state index contributed by atoms with van der Waals surface area (Å²) >= 11 is 1.71. The maximum atomic E-state index is 12.2. The lowest BCUT2D eigenvalue weighted by atomic mass is 9.86. The molecule has 0 saturated carbocycles. The van der Waals surface area contributed by atoms with Crippen LogP contribution in [0.4, 0.5) is 0 Å². The summed E-state index contributed by atoms with van der Waals surface area (Å²) in [6, 6.07) is -0.0417. The molecule has 2 nitrogen and oxygen atoms in total. The van der Waals surface area contributed by atoms with Crippen LogP contribution >= 0.6 is 11.8 Å². The van der Waals surface area contributed by atoms with Crippen molar-refractivity contribution in [2.45, 2.75) is 53.1 Å². The Balaban J connectivity index is 4.60. The highest BCUT2D eigenvalue weighted by molar-refractivity contribution is 7.98. The Morgan fingerprint density at radius 2 is 1.67 bits per heavy atom. The molecule has 1 unspecified atom stereocenters. The van der Waals surface area contributed by atoms with Gasteiger partial charge in [-0.3, -0.25) is 4.79 Å². The molecule has 0 rings (SSSR count). The van der Waals surface area contributed by atoms with Crippen LogP contribution in [-0.2, 0) is 4.79 Å². The van der Waals surface area contributed by atoms with Crippen molar-refractivity contribution < 1.29 is 4.79 Å². The van der Waals surface area contributed by atoms with Gasteiger partial charge < -0.3 is 5.32 Å². The Labute approximate surface area is 98.6 Å². The first-order chi connectivity index (χ1) is 6.58. The van der Waals surface area contributed by atoms with E-state index in [1.165, 1.54) is 0 Å². The van der Waals surface area contributed by atoms with Gasteiger partial charge in [0, 0.05) is 16.7 Å². The molecular weight excluding hydrogens is 206 g/mol. The van der Waals surface area contributed by atoms with E-state index >= 15 is 0 Å². The topological polar surface area (TPSA) is 29.1 Å². The number of hydrogen-bond donors (Lipinski definition) is 1. The first kappa shape index (κ1) is 15.0. The van der Waals surface area contributed by atoms with Crippen molar-refractivity contribution in [2.24, 2.45) is 5.41 Å². The zero-order chi connectivity index (χ0) is 12.3. The van der Waals surface area contributed by atoms with E-state index in [1.807, 2.05) is 27.0 Å². The van der Waals surface area contributed by atoms with Crippen molar-refractivity contribution in [3.63, 3.8) is 0 Å². The summed E-state index contributed by atoms with van der Waals surface area (Å²) in [6.45, 7) is 12.2. The molecule has 0 aliphatic heterocycles. The predicted molar refractivity (Wildman–Crippen MR) is 69.5 cm³/mol. The third-order valence-corrected chi connectivity index (χ3v) is 2.66. The van der Waals surface area contributed by atoms with Crippen LogP contribution in [0.15, 0.2) is 0 Å². The van der Waals surface area contributed by atoms with Crippen molar-refractivity contribution in [2.75, 3.05) is 12.0 Å². The predicted octanol–water partition coefficient (Wildman–Crippen LogP) is 2.72. The molecule has 15 heavy (non-hydrogen) atoms. The van der Waals surface area contributed by atoms with Gasteiger partial charge in [-0.2, -0.15) is 11.8 Å². The molecule has 0 spiro atoms. The molecule has 1 atom stereocenters. The lowest BCUT2D eigenvalue weighted by Crippen LogP contribution is -2.52. The van der Waals surface area contributed by atoms with Crippen LogP contribution in [0.1, 0.15) is 41.5 Å². The van der Waals surface area contributed by atoms with Crippen molar-refractivity contribution >= 4 is 17.5 Å². The van der Waals surface area contributed by atoms with Gasteiger partial charge in [-0.25, -0.2) is 0 Å². The molecule has 0 aromatic heterocycles. The highest BCUT2D eigenvalue weighted by atomic mass is 32.2. The smallest absolute Gasteiger partial charge is 0.155 e. The second kappa shape index (κ2) is 5.35. The van der Waals surface area contributed by atoms with Gasteiger partial charge in [0.15, 0.2) is 5.78 Å². The number of carbonyl (C=O) groups excluding carboxylic acids is 1. The Kier molecular flexibility index (Phi) is 5.34. The molecule has 0 bridgehead atoms. The lowest BCUT2D eigenvalue weighted by molar-refractivity contribution is -0.128. The van der Waals surface area contributed by atoms with Crippen LogP contribution < -0.4 is 5.32 Å². The number of nitrogens with one attached hydrogen (secondary N) is 1. The molecule has 90 valence electrons. The third-order valence-electron chi connectivity index (χ3n) is 2.00. The van der Waals surface area contributed by atoms with Gasteiger partial charge in [0.1, 0.15) is 0 Å². The van der Waals surface area contributed by atoms with Crippen molar-refractivity contribution in [3.05, 3.63) is 0 Å². The van der Waals surface area contributed by atoms with E-state index in [-0.39, 0.29) is 17.0 Å². The standard InChI is InChI=1S/C12H25NOS/c1-11(2,3)10(14)9(8-15-7)13-12(4,5)6/h9,13H,8H2,1-7H3. The second-order valence-corrected chi connectivity index (χ2v) is 6.93. The molecule has 0 aliphatic rings.